The zero-order valence-electron chi connectivity index (χ0n) is 11.1. The van der Waals surface area contributed by atoms with Gasteiger partial charge < -0.3 is 15.7 Å². The van der Waals surface area contributed by atoms with E-state index in [4.69, 9.17) is 5.11 Å². The number of carboxylic acids is 1. The Hall–Kier alpha value is -1.88. The third-order valence-electron chi connectivity index (χ3n) is 3.66. The van der Waals surface area contributed by atoms with Crippen LogP contribution < -0.4 is 10.6 Å². The first-order valence-electron chi connectivity index (χ1n) is 6.34. The van der Waals surface area contributed by atoms with Crippen LogP contribution in [0.2, 0.25) is 0 Å². The summed E-state index contributed by atoms with van der Waals surface area (Å²) in [4.78, 5) is 22.9. The number of aromatic carboxylic acids is 1. The molecule has 1 aromatic rings. The standard InChI is InChI=1S/C14H18N2O3/c1-8-5-11(3-4-12(8)14(18)19)16-13(17)9(2)10-6-15-7-10/h3-5,9-10,15H,6-7H2,1-2H3,(H,16,17)(H,18,19). The summed E-state index contributed by atoms with van der Waals surface area (Å²) in [5.41, 5.74) is 1.55. The Balaban J connectivity index is 2.04. The van der Waals surface area contributed by atoms with Crippen LogP contribution in [0.25, 0.3) is 0 Å². The second-order valence-corrected chi connectivity index (χ2v) is 5.03. The fourth-order valence-electron chi connectivity index (χ4n) is 2.12. The number of benzene rings is 1. The topological polar surface area (TPSA) is 78.4 Å². The van der Waals surface area contributed by atoms with E-state index in [0.717, 1.165) is 13.1 Å². The van der Waals surface area contributed by atoms with Crippen LogP contribution in [0.1, 0.15) is 22.8 Å². The first-order chi connectivity index (χ1) is 8.99. The average Bonchev–Trinajstić information content (AvgIpc) is 2.25. The fourth-order valence-corrected chi connectivity index (χ4v) is 2.12. The van der Waals surface area contributed by atoms with Gasteiger partial charge in [-0.15, -0.1) is 0 Å². The van der Waals surface area contributed by atoms with E-state index in [-0.39, 0.29) is 17.4 Å². The minimum absolute atomic E-state index is 0.0195. The van der Waals surface area contributed by atoms with Crippen LogP contribution in [0.3, 0.4) is 0 Å². The van der Waals surface area contributed by atoms with E-state index < -0.39 is 5.97 Å². The third kappa shape index (κ3) is 2.93. The Labute approximate surface area is 112 Å². The van der Waals surface area contributed by atoms with Crippen molar-refractivity contribution in [3.05, 3.63) is 29.3 Å². The molecule has 5 heteroatoms. The van der Waals surface area contributed by atoms with Gasteiger partial charge in [0, 0.05) is 11.6 Å². The van der Waals surface area contributed by atoms with Crippen molar-refractivity contribution >= 4 is 17.6 Å². The monoisotopic (exact) mass is 262 g/mol. The second kappa shape index (κ2) is 5.40. The van der Waals surface area contributed by atoms with E-state index in [2.05, 4.69) is 10.6 Å². The van der Waals surface area contributed by atoms with Gasteiger partial charge in [-0.25, -0.2) is 4.79 Å². The Kier molecular flexibility index (Phi) is 3.85. The molecular formula is C14H18N2O3. The largest absolute Gasteiger partial charge is 0.478 e. The van der Waals surface area contributed by atoms with E-state index >= 15 is 0 Å². The first kappa shape index (κ1) is 13.5. The molecule has 5 nitrogen and oxygen atoms in total. The summed E-state index contributed by atoms with van der Waals surface area (Å²) in [5.74, 6) is -0.627. The zero-order valence-corrected chi connectivity index (χ0v) is 11.1. The highest BCUT2D eigenvalue weighted by atomic mass is 16.4. The zero-order chi connectivity index (χ0) is 14.0. The number of rotatable bonds is 4. The third-order valence-corrected chi connectivity index (χ3v) is 3.66. The number of carbonyl (C=O) groups excluding carboxylic acids is 1. The van der Waals surface area contributed by atoms with Gasteiger partial charge in [-0.2, -0.15) is 0 Å². The summed E-state index contributed by atoms with van der Waals surface area (Å²) in [6.45, 7) is 5.40. The maximum absolute atomic E-state index is 12.0. The van der Waals surface area contributed by atoms with Crippen LogP contribution in [0, 0.1) is 18.8 Å². The van der Waals surface area contributed by atoms with Gasteiger partial charge in [-0.3, -0.25) is 4.79 Å². The van der Waals surface area contributed by atoms with Gasteiger partial charge in [0.1, 0.15) is 0 Å². The van der Waals surface area contributed by atoms with Crippen molar-refractivity contribution < 1.29 is 14.7 Å². The number of carbonyl (C=O) groups is 2. The molecule has 0 saturated carbocycles. The van der Waals surface area contributed by atoms with Crippen molar-refractivity contribution in [1.82, 2.24) is 5.32 Å². The number of amides is 1. The molecule has 1 aromatic carbocycles. The molecule has 2 rings (SSSR count). The van der Waals surface area contributed by atoms with Crippen LogP contribution in [0.4, 0.5) is 5.69 Å². The van der Waals surface area contributed by atoms with Gasteiger partial charge in [-0.05, 0) is 49.7 Å². The lowest BCUT2D eigenvalue weighted by atomic mass is 9.88. The summed E-state index contributed by atoms with van der Waals surface area (Å²) in [6, 6.07) is 4.83. The smallest absolute Gasteiger partial charge is 0.335 e. The first-order valence-corrected chi connectivity index (χ1v) is 6.34. The minimum atomic E-state index is -0.954. The van der Waals surface area contributed by atoms with Crippen LogP contribution in [0.15, 0.2) is 18.2 Å². The van der Waals surface area contributed by atoms with Gasteiger partial charge in [-0.1, -0.05) is 6.92 Å². The molecule has 0 aromatic heterocycles. The molecule has 1 aliphatic heterocycles. The van der Waals surface area contributed by atoms with Crippen molar-refractivity contribution in [2.24, 2.45) is 11.8 Å². The molecule has 1 amide bonds. The molecule has 0 radical (unpaired) electrons. The maximum atomic E-state index is 12.0. The lowest BCUT2D eigenvalue weighted by Gasteiger charge is -2.31. The molecule has 1 saturated heterocycles. The van der Waals surface area contributed by atoms with Crippen molar-refractivity contribution in [3.63, 3.8) is 0 Å². The molecule has 0 spiro atoms. The van der Waals surface area contributed by atoms with Crippen LogP contribution >= 0.6 is 0 Å². The number of hydrogen-bond acceptors (Lipinski definition) is 3. The SMILES string of the molecule is Cc1cc(NC(=O)C(C)C2CNC2)ccc1C(=O)O. The number of hydrogen-bond donors (Lipinski definition) is 3. The Morgan fingerprint density at radius 3 is 2.58 bits per heavy atom. The summed E-state index contributed by atoms with van der Waals surface area (Å²) >= 11 is 0. The van der Waals surface area contributed by atoms with Crippen molar-refractivity contribution in [2.75, 3.05) is 18.4 Å². The molecule has 3 N–H and O–H groups in total. The highest BCUT2D eigenvalue weighted by Crippen LogP contribution is 2.20. The minimum Gasteiger partial charge on any atom is -0.478 e. The Morgan fingerprint density at radius 1 is 1.42 bits per heavy atom. The van der Waals surface area contributed by atoms with E-state index in [0.29, 0.717) is 17.2 Å². The second-order valence-electron chi connectivity index (χ2n) is 5.03. The maximum Gasteiger partial charge on any atom is 0.335 e. The molecule has 0 bridgehead atoms. The normalized spacial score (nSPS) is 16.5. The van der Waals surface area contributed by atoms with Gasteiger partial charge in [0.2, 0.25) is 5.91 Å². The molecular weight excluding hydrogens is 244 g/mol. The molecule has 1 aliphatic rings. The van der Waals surface area contributed by atoms with Crippen molar-refractivity contribution in [3.8, 4) is 0 Å². The van der Waals surface area contributed by atoms with Crippen LogP contribution in [-0.4, -0.2) is 30.1 Å². The van der Waals surface area contributed by atoms with Gasteiger partial charge in [0.05, 0.1) is 5.56 Å². The van der Waals surface area contributed by atoms with Gasteiger partial charge >= 0.3 is 5.97 Å². The van der Waals surface area contributed by atoms with Crippen molar-refractivity contribution in [2.45, 2.75) is 13.8 Å². The molecule has 19 heavy (non-hydrogen) atoms. The number of carboxylic acid groups (broad SMARTS) is 1. The van der Waals surface area contributed by atoms with E-state index in [9.17, 15) is 9.59 Å². The number of aryl methyl sites for hydroxylation is 1. The summed E-state index contributed by atoms with van der Waals surface area (Å²) in [5, 5.41) is 14.9. The van der Waals surface area contributed by atoms with Crippen molar-refractivity contribution in [1.29, 1.82) is 0 Å². The molecule has 1 atom stereocenters. The molecule has 1 heterocycles. The molecule has 1 unspecified atom stereocenters. The summed E-state index contributed by atoms with van der Waals surface area (Å²) < 4.78 is 0. The van der Waals surface area contributed by atoms with Crippen LogP contribution in [0.5, 0.6) is 0 Å². The number of anilines is 1. The van der Waals surface area contributed by atoms with Gasteiger partial charge in [0.15, 0.2) is 0 Å². The molecule has 0 aliphatic carbocycles. The predicted octanol–water partition coefficient (Wildman–Crippen LogP) is 1.49. The van der Waals surface area contributed by atoms with Gasteiger partial charge in [0.25, 0.3) is 0 Å². The quantitative estimate of drug-likeness (QED) is 0.768. The fraction of sp³-hybridized carbons (Fsp3) is 0.429. The van der Waals surface area contributed by atoms with E-state index in [1.165, 1.54) is 6.07 Å². The Morgan fingerprint density at radius 2 is 2.11 bits per heavy atom. The number of nitrogens with one attached hydrogen (secondary N) is 2. The summed E-state index contributed by atoms with van der Waals surface area (Å²) in [6.07, 6.45) is 0. The van der Waals surface area contributed by atoms with E-state index in [1.807, 2.05) is 6.92 Å². The Bertz CT molecular complexity index is 509. The van der Waals surface area contributed by atoms with Crippen LogP contribution in [-0.2, 0) is 4.79 Å². The molecule has 102 valence electrons. The average molecular weight is 262 g/mol. The lowest BCUT2D eigenvalue weighted by molar-refractivity contribution is -0.121. The lowest BCUT2D eigenvalue weighted by Crippen LogP contribution is -2.48. The summed E-state index contributed by atoms with van der Waals surface area (Å²) in [7, 11) is 0. The predicted molar refractivity (Wildman–Crippen MR) is 72.3 cm³/mol. The highest BCUT2D eigenvalue weighted by Gasteiger charge is 2.28. The molecule has 1 fully saturated rings. The van der Waals surface area contributed by atoms with E-state index in [1.54, 1.807) is 19.1 Å². The highest BCUT2D eigenvalue weighted by molar-refractivity contribution is 5.94.